The fourth-order valence-corrected chi connectivity index (χ4v) is 6.23. The third-order valence-electron chi connectivity index (χ3n) is 4.95. The maximum Gasteiger partial charge on any atom is 0.242 e. The molecule has 1 aliphatic rings. The van der Waals surface area contributed by atoms with E-state index in [1.807, 2.05) is 31.2 Å². The Bertz CT molecular complexity index is 1060. The molecule has 0 radical (unpaired) electrons. The SMILES string of the molecule is Cc1cccc(C(O)NC[C@H]2C[C@@H](NS(=O)(=O)c3cc(Br)ccc3Br)CN2C#N)c1. The molecular formula is C20H22Br2N4O3S. The van der Waals surface area contributed by atoms with Gasteiger partial charge in [0.05, 0.1) is 10.9 Å². The van der Waals surface area contributed by atoms with Crippen LogP contribution in [0.1, 0.15) is 23.8 Å². The van der Waals surface area contributed by atoms with E-state index in [9.17, 15) is 18.8 Å². The lowest BCUT2D eigenvalue weighted by Crippen LogP contribution is -2.36. The van der Waals surface area contributed by atoms with Crippen LogP contribution in [0.25, 0.3) is 0 Å². The summed E-state index contributed by atoms with van der Waals surface area (Å²) >= 11 is 6.57. The Kier molecular flexibility index (Phi) is 7.55. The second kappa shape index (κ2) is 9.77. The van der Waals surface area contributed by atoms with Gasteiger partial charge in [-0.25, -0.2) is 13.1 Å². The molecule has 0 bridgehead atoms. The molecule has 1 saturated heterocycles. The minimum absolute atomic E-state index is 0.136. The monoisotopic (exact) mass is 556 g/mol. The van der Waals surface area contributed by atoms with E-state index in [0.717, 1.165) is 11.1 Å². The van der Waals surface area contributed by atoms with Crippen molar-refractivity contribution >= 4 is 41.9 Å². The molecule has 3 N–H and O–H groups in total. The van der Waals surface area contributed by atoms with Crippen molar-refractivity contribution in [2.45, 2.75) is 36.6 Å². The summed E-state index contributed by atoms with van der Waals surface area (Å²) in [7, 11) is -3.76. The van der Waals surface area contributed by atoms with Crippen molar-refractivity contribution in [1.82, 2.24) is 14.9 Å². The number of aryl methyl sites for hydroxylation is 1. The normalized spacial score (nSPS) is 20.2. The highest BCUT2D eigenvalue weighted by molar-refractivity contribution is 9.11. The number of benzene rings is 2. The highest BCUT2D eigenvalue weighted by atomic mass is 79.9. The number of nitrogens with one attached hydrogen (secondary N) is 2. The Hall–Kier alpha value is -1.48. The molecule has 3 rings (SSSR count). The lowest BCUT2D eigenvalue weighted by molar-refractivity contribution is 0.130. The maximum absolute atomic E-state index is 12.8. The molecule has 0 aromatic heterocycles. The summed E-state index contributed by atoms with van der Waals surface area (Å²) < 4.78 is 29.5. The van der Waals surface area contributed by atoms with E-state index in [-0.39, 0.29) is 17.5 Å². The Morgan fingerprint density at radius 2 is 2.07 bits per heavy atom. The topological polar surface area (TPSA) is 105 Å². The highest BCUT2D eigenvalue weighted by Crippen LogP contribution is 2.27. The van der Waals surface area contributed by atoms with E-state index in [0.29, 0.717) is 21.9 Å². The van der Waals surface area contributed by atoms with E-state index in [4.69, 9.17) is 0 Å². The van der Waals surface area contributed by atoms with Crippen LogP contribution in [-0.4, -0.2) is 43.6 Å². The van der Waals surface area contributed by atoms with Crippen molar-refractivity contribution in [3.05, 3.63) is 62.5 Å². The second-order valence-corrected chi connectivity index (χ2v) is 10.7. The quantitative estimate of drug-likeness (QED) is 0.357. The van der Waals surface area contributed by atoms with Crippen LogP contribution in [0.3, 0.4) is 0 Å². The lowest BCUT2D eigenvalue weighted by atomic mass is 10.1. The Morgan fingerprint density at radius 3 is 2.77 bits per heavy atom. The van der Waals surface area contributed by atoms with Gasteiger partial charge in [-0.3, -0.25) is 5.32 Å². The molecule has 1 fully saturated rings. The predicted octanol–water partition coefficient (Wildman–Crippen LogP) is 3.00. The molecule has 0 spiro atoms. The molecule has 7 nitrogen and oxygen atoms in total. The third-order valence-corrected chi connectivity index (χ3v) is 7.96. The van der Waals surface area contributed by atoms with Gasteiger partial charge in [-0.2, -0.15) is 5.26 Å². The molecule has 0 saturated carbocycles. The largest absolute Gasteiger partial charge is 0.374 e. The number of hydrogen-bond acceptors (Lipinski definition) is 6. The molecule has 30 heavy (non-hydrogen) atoms. The van der Waals surface area contributed by atoms with Gasteiger partial charge < -0.3 is 10.0 Å². The zero-order valence-electron chi connectivity index (χ0n) is 16.2. The summed E-state index contributed by atoms with van der Waals surface area (Å²) in [4.78, 5) is 1.68. The third kappa shape index (κ3) is 5.60. The smallest absolute Gasteiger partial charge is 0.242 e. The van der Waals surface area contributed by atoms with Gasteiger partial charge in [-0.1, -0.05) is 45.8 Å². The van der Waals surface area contributed by atoms with Gasteiger partial charge in [0.25, 0.3) is 0 Å². The van der Waals surface area contributed by atoms with Crippen LogP contribution >= 0.6 is 31.9 Å². The Labute approximate surface area is 193 Å². The van der Waals surface area contributed by atoms with Gasteiger partial charge in [0.1, 0.15) is 6.23 Å². The average Bonchev–Trinajstić information content (AvgIpc) is 3.08. The first-order valence-electron chi connectivity index (χ1n) is 9.31. The second-order valence-electron chi connectivity index (χ2n) is 7.26. The lowest BCUT2D eigenvalue weighted by Gasteiger charge is -2.21. The number of nitriles is 1. The van der Waals surface area contributed by atoms with E-state index >= 15 is 0 Å². The summed E-state index contributed by atoms with van der Waals surface area (Å²) in [5.41, 5.74) is 1.79. The first-order valence-corrected chi connectivity index (χ1v) is 12.4. The minimum Gasteiger partial charge on any atom is -0.374 e. The molecule has 0 aliphatic carbocycles. The van der Waals surface area contributed by atoms with Crippen LogP contribution in [-0.2, 0) is 10.0 Å². The van der Waals surface area contributed by atoms with Gasteiger partial charge in [0, 0.05) is 28.1 Å². The van der Waals surface area contributed by atoms with Crippen LogP contribution in [0.15, 0.2) is 56.3 Å². The number of hydrogen-bond donors (Lipinski definition) is 3. The molecule has 2 aromatic rings. The summed E-state index contributed by atoms with van der Waals surface area (Å²) in [6, 6.07) is 11.8. The molecule has 10 heteroatoms. The zero-order chi connectivity index (χ0) is 21.9. The van der Waals surface area contributed by atoms with Crippen LogP contribution in [0, 0.1) is 18.4 Å². The van der Waals surface area contributed by atoms with Crippen LogP contribution < -0.4 is 10.0 Å². The van der Waals surface area contributed by atoms with Gasteiger partial charge >= 0.3 is 0 Å². The van der Waals surface area contributed by atoms with Crippen molar-refractivity contribution in [3.8, 4) is 6.19 Å². The Morgan fingerprint density at radius 1 is 1.30 bits per heavy atom. The summed E-state index contributed by atoms with van der Waals surface area (Å²) in [6.07, 6.45) is 1.71. The van der Waals surface area contributed by atoms with Crippen LogP contribution in [0.5, 0.6) is 0 Å². The average molecular weight is 558 g/mol. The van der Waals surface area contributed by atoms with E-state index in [2.05, 4.69) is 48.1 Å². The molecular weight excluding hydrogens is 536 g/mol. The minimum atomic E-state index is -3.76. The van der Waals surface area contributed by atoms with Crippen LogP contribution in [0.4, 0.5) is 0 Å². The molecule has 0 amide bonds. The molecule has 1 unspecified atom stereocenters. The number of sulfonamides is 1. The highest BCUT2D eigenvalue weighted by Gasteiger charge is 2.35. The summed E-state index contributed by atoms with van der Waals surface area (Å²) in [5, 5.41) is 22.9. The van der Waals surface area contributed by atoms with Crippen molar-refractivity contribution in [3.63, 3.8) is 0 Å². The molecule has 1 heterocycles. The fraction of sp³-hybridized carbons (Fsp3) is 0.350. The van der Waals surface area contributed by atoms with Gasteiger partial charge in [-0.15, -0.1) is 0 Å². The molecule has 1 aliphatic heterocycles. The maximum atomic E-state index is 12.8. The predicted molar refractivity (Wildman–Crippen MR) is 121 cm³/mol. The first-order chi connectivity index (χ1) is 14.2. The summed E-state index contributed by atoms with van der Waals surface area (Å²) in [6.45, 7) is 2.57. The fourth-order valence-electron chi connectivity index (χ4n) is 3.49. The number of halogens is 2. The standard InChI is InChI=1S/C20H22Br2N4O3S/c1-13-3-2-4-14(7-13)20(27)24-10-17-9-16(11-26(17)12-23)25-30(28,29)19-8-15(21)5-6-18(19)22/h2-8,16-17,20,24-25,27H,9-11H2,1H3/t16-,17-,20?/m1/s1. The van der Waals surface area contributed by atoms with E-state index in [1.165, 1.54) is 6.07 Å². The number of rotatable bonds is 7. The zero-order valence-corrected chi connectivity index (χ0v) is 20.2. The number of aliphatic hydroxyl groups excluding tert-OH is 1. The van der Waals surface area contributed by atoms with Gasteiger partial charge in [-0.05, 0) is 53.0 Å². The van der Waals surface area contributed by atoms with Crippen molar-refractivity contribution in [1.29, 1.82) is 5.26 Å². The molecule has 3 atom stereocenters. The Balaban J connectivity index is 1.64. The number of likely N-dealkylation sites (tertiary alicyclic amines) is 1. The van der Waals surface area contributed by atoms with E-state index < -0.39 is 22.3 Å². The van der Waals surface area contributed by atoms with Crippen molar-refractivity contribution < 1.29 is 13.5 Å². The van der Waals surface area contributed by atoms with Gasteiger partial charge in [0.2, 0.25) is 10.0 Å². The summed E-state index contributed by atoms with van der Waals surface area (Å²) in [5.74, 6) is 0. The van der Waals surface area contributed by atoms with Crippen molar-refractivity contribution in [2.75, 3.05) is 13.1 Å². The number of nitrogens with zero attached hydrogens (tertiary/aromatic N) is 2. The van der Waals surface area contributed by atoms with Crippen molar-refractivity contribution in [2.24, 2.45) is 0 Å². The van der Waals surface area contributed by atoms with Crippen LogP contribution in [0.2, 0.25) is 0 Å². The number of aliphatic hydroxyl groups is 1. The molecule has 2 aromatic carbocycles. The first kappa shape index (κ1) is 23.2. The molecule has 160 valence electrons. The van der Waals surface area contributed by atoms with E-state index in [1.54, 1.807) is 17.0 Å². The van der Waals surface area contributed by atoms with Gasteiger partial charge in [0.15, 0.2) is 6.19 Å².